The Labute approximate surface area is 90.3 Å². The van der Waals surface area contributed by atoms with Crippen molar-refractivity contribution in [1.29, 1.82) is 0 Å². The zero-order valence-corrected chi connectivity index (χ0v) is 9.45. The van der Waals surface area contributed by atoms with Crippen molar-refractivity contribution in [3.63, 3.8) is 0 Å². The summed E-state index contributed by atoms with van der Waals surface area (Å²) < 4.78 is 5.13. The van der Waals surface area contributed by atoms with Crippen LogP contribution in [0, 0.1) is 0 Å². The second-order valence-electron chi connectivity index (χ2n) is 3.25. The smallest absolute Gasteiger partial charge is 0.131 e. The molecule has 5 nitrogen and oxygen atoms in total. The molecule has 2 N–H and O–H groups in total. The first-order valence-corrected chi connectivity index (χ1v) is 5.08. The van der Waals surface area contributed by atoms with Crippen molar-refractivity contribution >= 4 is 11.6 Å². The van der Waals surface area contributed by atoms with Gasteiger partial charge in [0.25, 0.3) is 0 Å². The van der Waals surface area contributed by atoms with Crippen LogP contribution in [-0.2, 0) is 4.74 Å². The van der Waals surface area contributed by atoms with E-state index in [9.17, 15) is 0 Å². The number of aromatic nitrogens is 2. The van der Waals surface area contributed by atoms with E-state index in [0.29, 0.717) is 0 Å². The molecule has 0 saturated carbocycles. The number of hydrogen-bond donors (Lipinski definition) is 2. The molecule has 0 amide bonds. The van der Waals surface area contributed by atoms with E-state index in [1.807, 2.05) is 19.9 Å². The Morgan fingerprint density at radius 3 is 2.60 bits per heavy atom. The van der Waals surface area contributed by atoms with Gasteiger partial charge < -0.3 is 15.4 Å². The molecule has 0 fully saturated rings. The van der Waals surface area contributed by atoms with Gasteiger partial charge in [0.05, 0.1) is 6.10 Å². The Hall–Kier alpha value is -1.36. The highest BCUT2D eigenvalue weighted by Crippen LogP contribution is 2.08. The lowest BCUT2D eigenvalue weighted by Crippen LogP contribution is -2.18. The molecule has 1 unspecified atom stereocenters. The van der Waals surface area contributed by atoms with Gasteiger partial charge in [0.15, 0.2) is 0 Å². The molecule has 1 rings (SSSR count). The number of hydrogen-bond acceptors (Lipinski definition) is 5. The van der Waals surface area contributed by atoms with E-state index in [0.717, 1.165) is 24.7 Å². The highest BCUT2D eigenvalue weighted by atomic mass is 16.5. The molecule has 0 saturated heterocycles. The maximum atomic E-state index is 5.13. The predicted octanol–water partition coefficient (Wildman–Crippen LogP) is 1.36. The second kappa shape index (κ2) is 6.19. The van der Waals surface area contributed by atoms with Crippen molar-refractivity contribution in [2.75, 3.05) is 30.8 Å². The average molecular weight is 210 g/mol. The van der Waals surface area contributed by atoms with Crippen LogP contribution in [0.25, 0.3) is 0 Å². The Kier molecular flexibility index (Phi) is 4.83. The highest BCUT2D eigenvalue weighted by molar-refractivity contribution is 5.46. The van der Waals surface area contributed by atoms with Crippen LogP contribution in [0.3, 0.4) is 0 Å². The van der Waals surface area contributed by atoms with E-state index < -0.39 is 0 Å². The Morgan fingerprint density at radius 2 is 2.00 bits per heavy atom. The number of nitrogens with zero attached hydrogens (tertiary/aromatic N) is 2. The summed E-state index contributed by atoms with van der Waals surface area (Å²) in [5.74, 6) is 1.64. The van der Waals surface area contributed by atoms with Crippen LogP contribution >= 0.6 is 0 Å². The molecule has 15 heavy (non-hydrogen) atoms. The van der Waals surface area contributed by atoms with Crippen LogP contribution in [0.5, 0.6) is 0 Å². The molecule has 84 valence electrons. The van der Waals surface area contributed by atoms with E-state index in [1.54, 1.807) is 7.11 Å². The minimum absolute atomic E-state index is 0.169. The number of rotatable bonds is 6. The summed E-state index contributed by atoms with van der Waals surface area (Å²) in [6, 6.07) is 1.88. The van der Waals surface area contributed by atoms with Gasteiger partial charge in [0.2, 0.25) is 0 Å². The first-order valence-electron chi connectivity index (χ1n) is 5.08. The SMILES string of the molecule is CCNc1cc(NCC(C)OC)ncn1. The molecule has 0 aliphatic rings. The van der Waals surface area contributed by atoms with Crippen LogP contribution in [0.15, 0.2) is 12.4 Å². The second-order valence-corrected chi connectivity index (χ2v) is 3.25. The van der Waals surface area contributed by atoms with Gasteiger partial charge in [-0.05, 0) is 13.8 Å². The fourth-order valence-electron chi connectivity index (χ4n) is 1.06. The van der Waals surface area contributed by atoms with E-state index in [1.165, 1.54) is 6.33 Å². The average Bonchev–Trinajstić information content (AvgIpc) is 2.27. The molecule has 1 heterocycles. The lowest BCUT2D eigenvalue weighted by molar-refractivity contribution is 0.128. The van der Waals surface area contributed by atoms with E-state index in [2.05, 4.69) is 20.6 Å². The van der Waals surface area contributed by atoms with Crippen LogP contribution < -0.4 is 10.6 Å². The maximum absolute atomic E-state index is 5.13. The molecule has 1 atom stereocenters. The first kappa shape index (κ1) is 11.7. The normalized spacial score (nSPS) is 12.2. The van der Waals surface area contributed by atoms with Crippen LogP contribution in [0.2, 0.25) is 0 Å². The molecule has 0 spiro atoms. The van der Waals surface area contributed by atoms with Crippen molar-refractivity contribution in [3.8, 4) is 0 Å². The molecule has 0 aromatic carbocycles. The minimum Gasteiger partial charge on any atom is -0.380 e. The van der Waals surface area contributed by atoms with Crippen LogP contribution in [-0.4, -0.2) is 36.3 Å². The van der Waals surface area contributed by atoms with Gasteiger partial charge in [-0.1, -0.05) is 0 Å². The quantitative estimate of drug-likeness (QED) is 0.742. The van der Waals surface area contributed by atoms with Crippen molar-refractivity contribution in [3.05, 3.63) is 12.4 Å². The first-order chi connectivity index (χ1) is 7.26. The summed E-state index contributed by atoms with van der Waals surface area (Å²) in [7, 11) is 1.69. The summed E-state index contributed by atoms with van der Waals surface area (Å²) in [6.07, 6.45) is 1.71. The lowest BCUT2D eigenvalue weighted by atomic mass is 10.4. The topological polar surface area (TPSA) is 59.1 Å². The third-order valence-electron chi connectivity index (χ3n) is 2.00. The fraction of sp³-hybridized carbons (Fsp3) is 0.600. The summed E-state index contributed by atoms with van der Waals surface area (Å²) in [5.41, 5.74) is 0. The minimum atomic E-state index is 0.169. The Morgan fingerprint density at radius 1 is 1.33 bits per heavy atom. The zero-order chi connectivity index (χ0) is 11.1. The summed E-state index contributed by atoms with van der Waals surface area (Å²) in [4.78, 5) is 8.19. The molecular formula is C10H18N4O. The van der Waals surface area contributed by atoms with Crippen molar-refractivity contribution in [1.82, 2.24) is 9.97 Å². The van der Waals surface area contributed by atoms with Gasteiger partial charge in [0, 0.05) is 26.3 Å². The van der Waals surface area contributed by atoms with Crippen LogP contribution in [0.4, 0.5) is 11.6 Å². The third kappa shape index (κ3) is 4.12. The monoisotopic (exact) mass is 210 g/mol. The van der Waals surface area contributed by atoms with Gasteiger partial charge in [-0.25, -0.2) is 9.97 Å². The van der Waals surface area contributed by atoms with E-state index >= 15 is 0 Å². The standard InChI is InChI=1S/C10H18N4O/c1-4-11-9-5-10(14-7-13-9)12-6-8(2)15-3/h5,7-8H,4,6H2,1-3H3,(H2,11,12,13,14). The van der Waals surface area contributed by atoms with Crippen LogP contribution in [0.1, 0.15) is 13.8 Å². The van der Waals surface area contributed by atoms with Gasteiger partial charge in [0.1, 0.15) is 18.0 Å². The Bertz CT molecular complexity index is 293. The number of anilines is 2. The number of methoxy groups -OCH3 is 1. The highest BCUT2D eigenvalue weighted by Gasteiger charge is 2.00. The van der Waals surface area contributed by atoms with Gasteiger partial charge >= 0.3 is 0 Å². The molecule has 0 bridgehead atoms. The predicted molar refractivity (Wildman–Crippen MR) is 61.2 cm³/mol. The molecule has 1 aromatic heterocycles. The van der Waals surface area contributed by atoms with Crippen molar-refractivity contribution in [2.45, 2.75) is 20.0 Å². The van der Waals surface area contributed by atoms with E-state index in [-0.39, 0.29) is 6.10 Å². The Balaban J connectivity index is 2.50. The van der Waals surface area contributed by atoms with E-state index in [4.69, 9.17) is 4.74 Å². The molecule has 1 aromatic rings. The molecule has 0 aliphatic heterocycles. The van der Waals surface area contributed by atoms with Gasteiger partial charge in [-0.3, -0.25) is 0 Å². The van der Waals surface area contributed by atoms with Gasteiger partial charge in [-0.2, -0.15) is 0 Å². The van der Waals surface area contributed by atoms with Crippen molar-refractivity contribution < 1.29 is 4.74 Å². The van der Waals surface area contributed by atoms with Crippen molar-refractivity contribution in [2.24, 2.45) is 0 Å². The summed E-state index contributed by atoms with van der Waals surface area (Å²) >= 11 is 0. The zero-order valence-electron chi connectivity index (χ0n) is 9.45. The fourth-order valence-corrected chi connectivity index (χ4v) is 1.06. The summed E-state index contributed by atoms with van der Waals surface area (Å²) in [6.45, 7) is 5.62. The summed E-state index contributed by atoms with van der Waals surface area (Å²) in [5, 5.41) is 6.31. The molecular weight excluding hydrogens is 192 g/mol. The molecule has 0 radical (unpaired) electrons. The number of nitrogens with one attached hydrogen (secondary N) is 2. The number of ether oxygens (including phenoxy) is 1. The molecule has 0 aliphatic carbocycles. The largest absolute Gasteiger partial charge is 0.380 e. The lowest BCUT2D eigenvalue weighted by Gasteiger charge is -2.11. The maximum Gasteiger partial charge on any atom is 0.131 e. The third-order valence-corrected chi connectivity index (χ3v) is 2.00. The molecule has 5 heteroatoms. The van der Waals surface area contributed by atoms with Gasteiger partial charge in [-0.15, -0.1) is 0 Å².